The van der Waals surface area contributed by atoms with Crippen LogP contribution in [-0.4, -0.2) is 46.1 Å². The Kier molecular flexibility index (Phi) is 6.39. The van der Waals surface area contributed by atoms with Gasteiger partial charge in [0.1, 0.15) is 11.6 Å². The molecular weight excluding hydrogens is 471 g/mol. The number of hydrogen-bond acceptors (Lipinski definition) is 7. The maximum Gasteiger partial charge on any atom is 0.228 e. The molecule has 35 heavy (non-hydrogen) atoms. The molecule has 9 nitrogen and oxygen atoms in total. The molecule has 0 saturated carbocycles. The van der Waals surface area contributed by atoms with E-state index in [1.165, 1.54) is 10.5 Å². The quantitative estimate of drug-likeness (QED) is 0.313. The van der Waals surface area contributed by atoms with Crippen molar-refractivity contribution >= 4 is 29.0 Å². The van der Waals surface area contributed by atoms with Gasteiger partial charge in [-0.1, -0.05) is 23.7 Å². The Balaban J connectivity index is 1.47. The van der Waals surface area contributed by atoms with Crippen LogP contribution < -0.4 is 5.32 Å². The molecule has 1 unspecified atom stereocenters. The molecule has 0 aliphatic heterocycles. The molecule has 0 aliphatic rings. The number of anilines is 2. The summed E-state index contributed by atoms with van der Waals surface area (Å²) in [6.07, 6.45) is 4.24. The van der Waals surface area contributed by atoms with Crippen LogP contribution in [-0.2, 0) is 13.5 Å². The van der Waals surface area contributed by atoms with Crippen LogP contribution in [0.4, 0.5) is 16.2 Å². The van der Waals surface area contributed by atoms with E-state index in [-0.39, 0.29) is 12.5 Å². The average Bonchev–Trinajstić information content (AvgIpc) is 3.47. The van der Waals surface area contributed by atoms with Gasteiger partial charge in [0, 0.05) is 48.5 Å². The number of fused-ring (bicyclic) bond motifs is 1. The lowest BCUT2D eigenvalue weighted by Gasteiger charge is -2.15. The monoisotopic (exact) mass is 492 g/mol. The van der Waals surface area contributed by atoms with Gasteiger partial charge in [-0.25, -0.2) is 9.97 Å². The molecule has 0 radical (unpaired) electrons. The molecule has 0 aliphatic carbocycles. The van der Waals surface area contributed by atoms with Crippen molar-refractivity contribution < 1.29 is 9.50 Å². The van der Waals surface area contributed by atoms with Gasteiger partial charge in [-0.2, -0.15) is 9.49 Å². The lowest BCUT2D eigenvalue weighted by Crippen LogP contribution is -2.11. The summed E-state index contributed by atoms with van der Waals surface area (Å²) in [5, 5.41) is 26.0. The van der Waals surface area contributed by atoms with Gasteiger partial charge >= 0.3 is 0 Å². The van der Waals surface area contributed by atoms with E-state index >= 15 is 4.39 Å². The van der Waals surface area contributed by atoms with Gasteiger partial charge in [-0.15, -0.1) is 10.2 Å². The molecule has 0 saturated heterocycles. The van der Waals surface area contributed by atoms with E-state index < -0.39 is 5.95 Å². The largest absolute Gasteiger partial charge is 0.396 e. The number of aliphatic hydroxyl groups is 1. The number of hydrogen-bond donors (Lipinski definition) is 2. The van der Waals surface area contributed by atoms with Crippen LogP contribution in [0, 0.1) is 5.95 Å². The molecular formula is C24H22ClFN8O. The van der Waals surface area contributed by atoms with Crippen LogP contribution in [0.2, 0.25) is 5.02 Å². The number of pyridine rings is 1. The third-order valence-electron chi connectivity index (χ3n) is 5.74. The Morgan fingerprint density at radius 3 is 2.66 bits per heavy atom. The van der Waals surface area contributed by atoms with Crippen LogP contribution in [0.5, 0.6) is 0 Å². The fourth-order valence-electron chi connectivity index (χ4n) is 3.98. The van der Waals surface area contributed by atoms with E-state index in [1.54, 1.807) is 54.5 Å². The standard InChI is InChI=1S/C24H22ClFN8O/c1-33-21(7-10-28-33)30-24-27-9-6-19(29-24)17-13-20(26)34-22(14-17)31-32-23(34)16(8-11-35)12-15-2-4-18(25)5-3-15/h2-7,9-10,13-14,16,35H,8,11-12H2,1H3,(H,27,29,30). The second-order valence-corrected chi connectivity index (χ2v) is 8.53. The minimum absolute atomic E-state index is 0.0553. The van der Waals surface area contributed by atoms with Gasteiger partial charge in [0.2, 0.25) is 11.9 Å². The molecule has 0 spiro atoms. The van der Waals surface area contributed by atoms with Gasteiger partial charge in [0.05, 0.1) is 11.9 Å². The van der Waals surface area contributed by atoms with Crippen molar-refractivity contribution in [2.45, 2.75) is 18.8 Å². The SMILES string of the molecule is Cn1nccc1Nc1nccc(-c2cc(F)n3c(C(CCO)Cc4ccc(Cl)cc4)nnc3c2)n1. The van der Waals surface area contributed by atoms with Crippen molar-refractivity contribution in [2.24, 2.45) is 7.05 Å². The number of rotatable bonds is 8. The predicted molar refractivity (Wildman–Crippen MR) is 130 cm³/mol. The number of halogens is 2. The number of nitrogens with zero attached hydrogens (tertiary/aromatic N) is 7. The summed E-state index contributed by atoms with van der Waals surface area (Å²) in [4.78, 5) is 8.75. The Labute approximate surface area is 205 Å². The zero-order valence-electron chi connectivity index (χ0n) is 18.8. The maximum absolute atomic E-state index is 15.4. The summed E-state index contributed by atoms with van der Waals surface area (Å²) in [6.45, 7) is -0.0553. The van der Waals surface area contributed by atoms with E-state index in [9.17, 15) is 5.11 Å². The summed E-state index contributed by atoms with van der Waals surface area (Å²) >= 11 is 5.99. The molecule has 1 atom stereocenters. The zero-order chi connectivity index (χ0) is 24.4. The van der Waals surface area contributed by atoms with E-state index in [2.05, 4.69) is 30.6 Å². The van der Waals surface area contributed by atoms with Crippen LogP contribution in [0.3, 0.4) is 0 Å². The number of benzene rings is 1. The summed E-state index contributed by atoms with van der Waals surface area (Å²) in [5.74, 6) is 0.789. The molecule has 4 heterocycles. The zero-order valence-corrected chi connectivity index (χ0v) is 19.6. The van der Waals surface area contributed by atoms with Crippen molar-refractivity contribution in [3.63, 3.8) is 0 Å². The number of aliphatic hydroxyl groups excluding tert-OH is 1. The van der Waals surface area contributed by atoms with Gasteiger partial charge in [-0.3, -0.25) is 9.08 Å². The third kappa shape index (κ3) is 4.84. The van der Waals surface area contributed by atoms with Crippen molar-refractivity contribution in [3.8, 4) is 11.3 Å². The van der Waals surface area contributed by atoms with Crippen molar-refractivity contribution in [1.82, 2.24) is 34.3 Å². The third-order valence-corrected chi connectivity index (χ3v) is 5.99. The summed E-state index contributed by atoms with van der Waals surface area (Å²) in [5.41, 5.74) is 2.44. The highest BCUT2D eigenvalue weighted by Gasteiger charge is 2.21. The summed E-state index contributed by atoms with van der Waals surface area (Å²) < 4.78 is 18.5. The molecule has 0 fully saturated rings. The Morgan fingerprint density at radius 1 is 1.09 bits per heavy atom. The first kappa shape index (κ1) is 22.9. The number of aryl methyl sites for hydroxylation is 1. The van der Waals surface area contributed by atoms with Gasteiger partial charge < -0.3 is 10.4 Å². The fourth-order valence-corrected chi connectivity index (χ4v) is 4.11. The summed E-state index contributed by atoms with van der Waals surface area (Å²) in [6, 6.07) is 14.1. The molecule has 4 aromatic heterocycles. The fraction of sp³-hybridized carbons (Fsp3) is 0.208. The smallest absolute Gasteiger partial charge is 0.228 e. The highest BCUT2D eigenvalue weighted by molar-refractivity contribution is 6.30. The Hall–Kier alpha value is -3.89. The number of nitrogens with one attached hydrogen (secondary N) is 1. The highest BCUT2D eigenvalue weighted by atomic mass is 35.5. The molecule has 178 valence electrons. The predicted octanol–water partition coefficient (Wildman–Crippen LogP) is 4.16. The van der Waals surface area contributed by atoms with Gasteiger partial charge in [0.25, 0.3) is 0 Å². The topological polar surface area (TPSA) is 106 Å². The van der Waals surface area contributed by atoms with Crippen molar-refractivity contribution in [1.29, 1.82) is 0 Å². The van der Waals surface area contributed by atoms with E-state index in [0.717, 1.165) is 11.4 Å². The first-order valence-electron chi connectivity index (χ1n) is 11.0. The lowest BCUT2D eigenvalue weighted by molar-refractivity contribution is 0.272. The lowest BCUT2D eigenvalue weighted by atomic mass is 9.95. The van der Waals surface area contributed by atoms with E-state index in [0.29, 0.717) is 46.5 Å². The van der Waals surface area contributed by atoms with Crippen LogP contribution in [0.15, 0.2) is 60.9 Å². The average molecular weight is 493 g/mol. The van der Waals surface area contributed by atoms with Crippen LogP contribution >= 0.6 is 11.6 Å². The molecule has 2 N–H and O–H groups in total. The highest BCUT2D eigenvalue weighted by Crippen LogP contribution is 2.28. The molecule has 0 amide bonds. The molecule has 5 aromatic rings. The second kappa shape index (κ2) is 9.77. The molecule has 11 heteroatoms. The molecule has 0 bridgehead atoms. The minimum atomic E-state index is -0.517. The second-order valence-electron chi connectivity index (χ2n) is 8.09. The van der Waals surface area contributed by atoms with Crippen molar-refractivity contribution in [3.05, 3.63) is 83.3 Å². The normalized spacial score (nSPS) is 12.2. The van der Waals surface area contributed by atoms with Gasteiger partial charge in [-0.05, 0) is 42.7 Å². The Bertz CT molecular complexity index is 1470. The molecule has 1 aromatic carbocycles. The first-order valence-corrected chi connectivity index (χ1v) is 11.4. The maximum atomic E-state index is 15.4. The first-order chi connectivity index (χ1) is 17.0. The van der Waals surface area contributed by atoms with E-state index in [1.807, 2.05) is 12.1 Å². The van der Waals surface area contributed by atoms with Crippen LogP contribution in [0.25, 0.3) is 16.9 Å². The summed E-state index contributed by atoms with van der Waals surface area (Å²) in [7, 11) is 1.80. The number of aromatic nitrogens is 7. The van der Waals surface area contributed by atoms with Crippen molar-refractivity contribution in [2.75, 3.05) is 11.9 Å². The van der Waals surface area contributed by atoms with Gasteiger partial charge in [0.15, 0.2) is 5.65 Å². The minimum Gasteiger partial charge on any atom is -0.396 e. The van der Waals surface area contributed by atoms with Crippen LogP contribution in [0.1, 0.15) is 23.7 Å². The molecule has 5 rings (SSSR count). The van der Waals surface area contributed by atoms with E-state index in [4.69, 9.17) is 11.6 Å². The Morgan fingerprint density at radius 2 is 1.91 bits per heavy atom.